The van der Waals surface area contributed by atoms with Crippen LogP contribution >= 0.6 is 0 Å². The summed E-state index contributed by atoms with van der Waals surface area (Å²) in [6.07, 6.45) is 7.91. The summed E-state index contributed by atoms with van der Waals surface area (Å²) in [6.45, 7) is 7.24. The molecule has 1 aromatic carbocycles. The molecule has 9 heteroatoms. The van der Waals surface area contributed by atoms with Crippen molar-refractivity contribution in [2.75, 3.05) is 32.7 Å². The summed E-state index contributed by atoms with van der Waals surface area (Å²) >= 11 is 0. The summed E-state index contributed by atoms with van der Waals surface area (Å²) in [7, 11) is -3.47. The van der Waals surface area contributed by atoms with Crippen LogP contribution in [0.3, 0.4) is 0 Å². The van der Waals surface area contributed by atoms with Crippen LogP contribution in [0.1, 0.15) is 63.9 Å². The van der Waals surface area contributed by atoms with Gasteiger partial charge in [-0.05, 0) is 69.4 Å². The predicted octanol–water partition coefficient (Wildman–Crippen LogP) is 3.59. The van der Waals surface area contributed by atoms with E-state index >= 15 is 0 Å². The van der Waals surface area contributed by atoms with Gasteiger partial charge in [0, 0.05) is 33.1 Å². The van der Waals surface area contributed by atoms with Crippen molar-refractivity contribution in [2.24, 2.45) is 17.8 Å². The Morgan fingerprint density at radius 2 is 1.50 bits per heavy atom. The maximum Gasteiger partial charge on any atom is 0.245 e. The number of hydrogen-bond donors (Lipinski definition) is 0. The first-order valence-corrected chi connectivity index (χ1v) is 15.3. The van der Waals surface area contributed by atoms with Gasteiger partial charge >= 0.3 is 0 Å². The van der Waals surface area contributed by atoms with Gasteiger partial charge in [-0.25, -0.2) is 8.42 Å². The number of aryl methyl sites for hydroxylation is 1. The van der Waals surface area contributed by atoms with Gasteiger partial charge in [-0.1, -0.05) is 30.5 Å². The summed E-state index contributed by atoms with van der Waals surface area (Å²) in [5.41, 5.74) is 1.05. The van der Waals surface area contributed by atoms with Crippen LogP contribution in [0.2, 0.25) is 0 Å². The van der Waals surface area contributed by atoms with Gasteiger partial charge in [0.2, 0.25) is 22.0 Å². The lowest BCUT2D eigenvalue weighted by Crippen LogP contribution is -2.49. The number of nitrogens with zero attached hydrogens (tertiary/aromatic N) is 4. The van der Waals surface area contributed by atoms with E-state index in [4.69, 9.17) is 0 Å². The van der Waals surface area contributed by atoms with E-state index in [1.807, 2.05) is 35.9 Å². The maximum absolute atomic E-state index is 13.6. The molecule has 0 aromatic heterocycles. The standard InChI is InChI=1S/C27H41N4O4S/c1-20-7-9-24(10-8-20)36(34,35)29-16-11-22(12-17-29)23-13-18-30-25(19-23)26(21(2)31(30)33)27(32)28-14-5-3-4-6-15-28/h7-10,21-23,25-26H,3-6,11-19H2,1-2H3/q+1. The third kappa shape index (κ3) is 4.80. The lowest BCUT2D eigenvalue weighted by molar-refractivity contribution is -0.716. The van der Waals surface area contributed by atoms with Crippen LogP contribution in [0.15, 0.2) is 29.2 Å². The van der Waals surface area contributed by atoms with Crippen molar-refractivity contribution in [1.82, 2.24) is 14.2 Å². The first kappa shape index (κ1) is 25.6. The Bertz CT molecular complexity index is 1060. The van der Waals surface area contributed by atoms with Crippen LogP contribution < -0.4 is 0 Å². The van der Waals surface area contributed by atoms with Crippen molar-refractivity contribution < 1.29 is 18.1 Å². The van der Waals surface area contributed by atoms with E-state index in [1.165, 1.54) is 12.8 Å². The van der Waals surface area contributed by atoms with Gasteiger partial charge in [-0.15, -0.1) is 5.01 Å². The van der Waals surface area contributed by atoms with Crippen molar-refractivity contribution in [3.8, 4) is 0 Å². The Kier molecular flexibility index (Phi) is 7.41. The minimum Gasteiger partial charge on any atom is -0.342 e. The van der Waals surface area contributed by atoms with Gasteiger partial charge < -0.3 is 4.90 Å². The molecule has 0 radical (unpaired) electrons. The van der Waals surface area contributed by atoms with Gasteiger partial charge in [0.25, 0.3) is 0 Å². The predicted molar refractivity (Wildman–Crippen MR) is 138 cm³/mol. The molecule has 4 aliphatic heterocycles. The second-order valence-corrected chi connectivity index (χ2v) is 13.3. The zero-order valence-corrected chi connectivity index (χ0v) is 22.5. The molecule has 1 aromatic rings. The topological polar surface area (TPSA) is 81.0 Å². The second kappa shape index (κ2) is 10.4. The number of carbonyl (C=O) groups is 1. The molecule has 0 aliphatic carbocycles. The molecule has 0 N–H and O–H groups in total. The van der Waals surface area contributed by atoms with E-state index in [9.17, 15) is 18.1 Å². The highest BCUT2D eigenvalue weighted by Gasteiger charge is 2.59. The zero-order valence-electron chi connectivity index (χ0n) is 21.7. The highest BCUT2D eigenvalue weighted by molar-refractivity contribution is 7.89. The number of fused-ring (bicyclic) bond motifs is 1. The molecule has 198 valence electrons. The minimum atomic E-state index is -3.47. The molecule has 36 heavy (non-hydrogen) atoms. The Labute approximate surface area is 215 Å². The first-order valence-electron chi connectivity index (χ1n) is 13.9. The summed E-state index contributed by atoms with van der Waals surface area (Å²) < 4.78 is 27.9. The van der Waals surface area contributed by atoms with E-state index in [2.05, 4.69) is 0 Å². The van der Waals surface area contributed by atoms with Crippen LogP contribution in [0.4, 0.5) is 0 Å². The molecule has 4 atom stereocenters. The molecule has 4 heterocycles. The number of piperidine rings is 2. The number of carbonyl (C=O) groups excluding carboxylic acids is 1. The number of nitroso groups, excluding NO2 is 1. The zero-order chi connectivity index (χ0) is 25.4. The largest absolute Gasteiger partial charge is 0.342 e. The lowest BCUT2D eigenvalue weighted by atomic mass is 9.74. The Hall–Kier alpha value is -2.00. The molecule has 4 fully saturated rings. The lowest BCUT2D eigenvalue weighted by Gasteiger charge is -2.40. The van der Waals surface area contributed by atoms with E-state index < -0.39 is 10.0 Å². The average Bonchev–Trinajstić information content (AvgIpc) is 3.05. The van der Waals surface area contributed by atoms with E-state index in [-0.39, 0.29) is 23.9 Å². The smallest absolute Gasteiger partial charge is 0.245 e. The number of hydrogen-bond acceptors (Lipinski definition) is 4. The quantitative estimate of drug-likeness (QED) is 0.570. The Morgan fingerprint density at radius 1 is 0.889 bits per heavy atom. The number of sulfonamides is 1. The highest BCUT2D eigenvalue weighted by Crippen LogP contribution is 2.42. The molecule has 5 rings (SSSR count). The van der Waals surface area contributed by atoms with E-state index in [1.54, 1.807) is 16.4 Å². The molecular weight excluding hydrogens is 476 g/mol. The molecule has 4 unspecified atom stereocenters. The van der Waals surface area contributed by atoms with Crippen molar-refractivity contribution >= 4 is 15.9 Å². The van der Waals surface area contributed by atoms with Gasteiger partial charge in [0.1, 0.15) is 16.8 Å². The number of likely N-dealkylation sites (tertiary alicyclic amines) is 1. The first-order chi connectivity index (χ1) is 17.3. The van der Waals surface area contributed by atoms with Crippen molar-refractivity contribution in [3.05, 3.63) is 34.7 Å². The number of hydrazine groups is 1. The Morgan fingerprint density at radius 3 is 2.14 bits per heavy atom. The number of amides is 1. The third-order valence-corrected chi connectivity index (χ3v) is 11.1. The maximum atomic E-state index is 13.6. The molecule has 4 saturated heterocycles. The van der Waals surface area contributed by atoms with Gasteiger partial charge in [0.05, 0.1) is 16.3 Å². The van der Waals surface area contributed by atoms with Crippen molar-refractivity contribution in [1.29, 1.82) is 0 Å². The summed E-state index contributed by atoms with van der Waals surface area (Å²) in [4.78, 5) is 30.1. The fraction of sp³-hybridized carbons (Fsp3) is 0.741. The molecular formula is C27H41N4O4S+. The van der Waals surface area contributed by atoms with E-state index in [0.29, 0.717) is 36.4 Å². The minimum absolute atomic E-state index is 0.0404. The summed E-state index contributed by atoms with van der Waals surface area (Å²) in [6, 6.07) is 6.72. The van der Waals surface area contributed by atoms with Gasteiger partial charge in [0.15, 0.2) is 0 Å². The SMILES string of the molecule is Cc1ccc(S(=O)(=O)N2CCC(C3CCN4C(C3)C(C(=O)N3CCCCCC3)C(C)[N+]4=O)CC2)cc1. The second-order valence-electron chi connectivity index (χ2n) is 11.4. The molecule has 8 nitrogen and oxygen atoms in total. The third-order valence-electron chi connectivity index (χ3n) is 9.22. The fourth-order valence-corrected chi connectivity index (χ4v) is 8.50. The molecule has 4 aliphatic rings. The molecule has 0 spiro atoms. The monoisotopic (exact) mass is 517 g/mol. The normalized spacial score (nSPS) is 30.8. The summed E-state index contributed by atoms with van der Waals surface area (Å²) in [5, 5.41) is 1.92. The van der Waals surface area contributed by atoms with Gasteiger partial charge in [-0.3, -0.25) is 4.79 Å². The van der Waals surface area contributed by atoms with Crippen LogP contribution in [-0.4, -0.2) is 78.2 Å². The van der Waals surface area contributed by atoms with Crippen LogP contribution in [-0.2, 0) is 14.8 Å². The summed E-state index contributed by atoms with van der Waals surface area (Å²) in [5.74, 6) is 0.748. The fourth-order valence-electron chi connectivity index (χ4n) is 7.03. The molecule has 0 saturated carbocycles. The van der Waals surface area contributed by atoms with Crippen molar-refractivity contribution in [2.45, 2.75) is 82.2 Å². The average molecular weight is 518 g/mol. The molecule has 0 bridgehead atoms. The van der Waals surface area contributed by atoms with Crippen molar-refractivity contribution in [3.63, 3.8) is 0 Å². The highest BCUT2D eigenvalue weighted by atomic mass is 32.2. The van der Waals surface area contributed by atoms with Gasteiger partial charge in [-0.2, -0.15) is 4.31 Å². The Balaban J connectivity index is 1.24. The number of rotatable bonds is 4. The van der Waals surface area contributed by atoms with Crippen LogP contribution in [0.5, 0.6) is 0 Å². The van der Waals surface area contributed by atoms with Crippen LogP contribution in [0, 0.1) is 29.6 Å². The molecule has 1 amide bonds. The van der Waals surface area contributed by atoms with E-state index in [0.717, 1.165) is 62.0 Å². The number of benzene rings is 1. The van der Waals surface area contributed by atoms with Crippen LogP contribution in [0.25, 0.3) is 0 Å².